The second-order valence-corrected chi connectivity index (χ2v) is 2.64. The molecule has 10 heavy (non-hydrogen) atoms. The topological polar surface area (TPSA) is 86.4 Å². The first kappa shape index (κ1) is 7.46. The van der Waals surface area contributed by atoms with Gasteiger partial charge in [0.15, 0.2) is 0 Å². The molecule has 1 heterocycles. The molecule has 0 saturated carbocycles. The van der Waals surface area contributed by atoms with Gasteiger partial charge in [0.2, 0.25) is 5.91 Å². The molecule has 0 aromatic rings. The van der Waals surface area contributed by atoms with Gasteiger partial charge >= 0.3 is 0 Å². The van der Waals surface area contributed by atoms with Crippen LogP contribution in [0.2, 0.25) is 0 Å². The van der Waals surface area contributed by atoms with E-state index in [1.54, 1.807) is 0 Å². The summed E-state index contributed by atoms with van der Waals surface area (Å²) >= 11 is 0. The van der Waals surface area contributed by atoms with Crippen LogP contribution in [0, 0.1) is 11.1 Å². The van der Waals surface area contributed by atoms with Crippen molar-refractivity contribution in [2.75, 3.05) is 13.1 Å². The van der Waals surface area contributed by atoms with Crippen LogP contribution in [-0.2, 0) is 4.79 Å². The Morgan fingerprint density at radius 3 is 2.60 bits per heavy atom. The van der Waals surface area contributed by atoms with Crippen molar-refractivity contribution in [2.45, 2.75) is 6.42 Å². The van der Waals surface area contributed by atoms with E-state index in [2.05, 4.69) is 0 Å². The molecule has 5 nitrogen and oxygen atoms in total. The van der Waals surface area contributed by atoms with Crippen molar-refractivity contribution >= 4 is 5.91 Å². The second-order valence-electron chi connectivity index (χ2n) is 2.64. The van der Waals surface area contributed by atoms with Crippen molar-refractivity contribution in [1.29, 1.82) is 0 Å². The number of carbonyl (C=O) groups is 1. The summed E-state index contributed by atoms with van der Waals surface area (Å²) in [4.78, 5) is 9.14. The number of nitrogens with zero attached hydrogens (tertiary/aromatic N) is 1. The van der Waals surface area contributed by atoms with Gasteiger partial charge in [0.25, 0.3) is 0 Å². The summed E-state index contributed by atoms with van der Waals surface area (Å²) in [5, 5.41) is 19.5. The van der Waals surface area contributed by atoms with Crippen molar-refractivity contribution in [3.05, 3.63) is 5.21 Å². The number of nitrogens with two attached hydrogens (primary N) is 1. The van der Waals surface area contributed by atoms with Gasteiger partial charge in [0, 0.05) is 6.42 Å². The zero-order valence-electron chi connectivity index (χ0n) is 5.49. The van der Waals surface area contributed by atoms with E-state index < -0.39 is 16.6 Å². The molecule has 0 aromatic carbocycles. The van der Waals surface area contributed by atoms with Gasteiger partial charge in [-0.05, 0) is 0 Å². The van der Waals surface area contributed by atoms with Crippen molar-refractivity contribution in [3.63, 3.8) is 0 Å². The number of hydroxylamine groups is 4. The number of hydrogen-bond donors (Lipinski definition) is 2. The maximum Gasteiger partial charge on any atom is 0.226 e. The quantitative estimate of drug-likeness (QED) is 0.375. The average Bonchev–Trinajstić information content (AvgIpc) is 2.10. The third kappa shape index (κ3) is 1.44. The molecular weight excluding hydrogens is 136 g/mol. The van der Waals surface area contributed by atoms with Crippen LogP contribution < -0.4 is 5.73 Å². The predicted molar refractivity (Wildman–Crippen MR) is 32.4 cm³/mol. The van der Waals surface area contributed by atoms with E-state index >= 15 is 0 Å². The van der Waals surface area contributed by atoms with Gasteiger partial charge in [-0.3, -0.25) is 4.79 Å². The predicted octanol–water partition coefficient (Wildman–Crippen LogP) is -0.805. The molecule has 2 unspecified atom stereocenters. The third-order valence-corrected chi connectivity index (χ3v) is 1.74. The lowest BCUT2D eigenvalue weighted by Gasteiger charge is -2.27. The summed E-state index contributed by atoms with van der Waals surface area (Å²) in [5.74, 6) is -0.938. The molecule has 1 amide bonds. The van der Waals surface area contributed by atoms with Crippen molar-refractivity contribution in [3.8, 4) is 0 Å². The van der Waals surface area contributed by atoms with Crippen LogP contribution in [0.1, 0.15) is 6.42 Å². The van der Waals surface area contributed by atoms with Crippen molar-refractivity contribution in [1.82, 2.24) is 0 Å². The Morgan fingerprint density at radius 1 is 1.80 bits per heavy atom. The maximum absolute atomic E-state index is 10.7. The van der Waals surface area contributed by atoms with Gasteiger partial charge in [0.05, 0.1) is 5.92 Å². The molecule has 1 rings (SSSR count). The van der Waals surface area contributed by atoms with Gasteiger partial charge in [-0.25, -0.2) is 10.0 Å². The highest BCUT2D eigenvalue weighted by Gasteiger charge is 2.34. The number of amides is 1. The lowest BCUT2D eigenvalue weighted by Crippen LogP contribution is -2.37. The number of rotatable bonds is 1. The third-order valence-electron chi connectivity index (χ3n) is 1.74. The zero-order chi connectivity index (χ0) is 7.78. The highest BCUT2D eigenvalue weighted by molar-refractivity contribution is 5.76. The minimum atomic E-state index is -1.31. The fraction of sp³-hybridized carbons (Fsp3) is 0.800. The van der Waals surface area contributed by atoms with Crippen LogP contribution in [0.5, 0.6) is 0 Å². The number of hydrogen-bond acceptors (Lipinski definition) is 3. The number of quaternary nitrogens is 1. The maximum atomic E-state index is 10.7. The average molecular weight is 146 g/mol. The van der Waals surface area contributed by atoms with Crippen molar-refractivity contribution < 1.29 is 14.8 Å². The van der Waals surface area contributed by atoms with E-state index in [0.717, 1.165) is 0 Å². The van der Waals surface area contributed by atoms with Crippen LogP contribution >= 0.6 is 0 Å². The zero-order valence-corrected chi connectivity index (χ0v) is 5.49. The monoisotopic (exact) mass is 146 g/mol. The van der Waals surface area contributed by atoms with Crippen molar-refractivity contribution in [2.24, 2.45) is 11.7 Å². The van der Waals surface area contributed by atoms with Gasteiger partial charge in [-0.1, -0.05) is 0 Å². The molecule has 2 atom stereocenters. The molecule has 0 aromatic heterocycles. The molecule has 5 heteroatoms. The number of carbonyl (C=O) groups excluding carboxylic acids is 1. The minimum Gasteiger partial charge on any atom is -0.598 e. The first-order valence-corrected chi connectivity index (χ1v) is 3.11. The van der Waals surface area contributed by atoms with E-state index in [1.807, 2.05) is 0 Å². The molecule has 1 saturated heterocycles. The molecule has 0 spiro atoms. The lowest BCUT2D eigenvalue weighted by molar-refractivity contribution is -1.06. The fourth-order valence-electron chi connectivity index (χ4n) is 1.12. The van der Waals surface area contributed by atoms with E-state index in [1.165, 1.54) is 0 Å². The first-order chi connectivity index (χ1) is 4.51. The highest BCUT2D eigenvalue weighted by atomic mass is 16.8. The molecule has 58 valence electrons. The standard InChI is InChI=1S/C5H10N2O3/c6-5(8)4-1-2-7(9,10)3-4/h4,9H,1-3H2,(H2,6,8). The summed E-state index contributed by atoms with van der Waals surface area (Å²) in [6.07, 6.45) is 0.398. The molecule has 0 radical (unpaired) electrons. The van der Waals surface area contributed by atoms with Crippen LogP contribution in [-0.4, -0.2) is 29.0 Å². The summed E-state index contributed by atoms with van der Waals surface area (Å²) < 4.78 is 0. The lowest BCUT2D eigenvalue weighted by atomic mass is 10.1. The summed E-state index contributed by atoms with van der Waals surface area (Å²) in [5.41, 5.74) is 4.92. The van der Waals surface area contributed by atoms with Gasteiger partial charge in [-0.2, -0.15) is 0 Å². The van der Waals surface area contributed by atoms with E-state index in [4.69, 9.17) is 10.9 Å². The van der Waals surface area contributed by atoms with Crippen LogP contribution in [0.4, 0.5) is 0 Å². The molecule has 1 fully saturated rings. The Kier molecular flexibility index (Phi) is 1.63. The molecule has 1 aliphatic heterocycles. The van der Waals surface area contributed by atoms with E-state index in [0.29, 0.717) is 6.42 Å². The SMILES string of the molecule is NC(=O)C1CC[N+]([O-])(O)C1. The Labute approximate surface area is 58.2 Å². The normalized spacial score (nSPS) is 40.0. The smallest absolute Gasteiger partial charge is 0.226 e. The van der Waals surface area contributed by atoms with Crippen LogP contribution in [0.3, 0.4) is 0 Å². The summed E-state index contributed by atoms with van der Waals surface area (Å²) in [6.45, 7) is -0.0110. The van der Waals surface area contributed by atoms with Gasteiger partial charge in [-0.15, -0.1) is 0 Å². The Morgan fingerprint density at radius 2 is 2.40 bits per heavy atom. The van der Waals surface area contributed by atoms with Gasteiger partial charge in [0.1, 0.15) is 13.1 Å². The summed E-state index contributed by atoms with van der Waals surface area (Å²) in [6, 6.07) is 0. The van der Waals surface area contributed by atoms with Gasteiger partial charge < -0.3 is 10.9 Å². The number of primary amides is 1. The molecule has 1 aliphatic rings. The molecule has 0 aliphatic carbocycles. The Balaban J connectivity index is 2.51. The Bertz CT molecular complexity index is 157. The van der Waals surface area contributed by atoms with Crippen LogP contribution in [0.15, 0.2) is 0 Å². The first-order valence-electron chi connectivity index (χ1n) is 3.11. The molecule has 0 bridgehead atoms. The molecule has 3 N–H and O–H groups in total. The largest absolute Gasteiger partial charge is 0.598 e. The Hall–Kier alpha value is -0.650. The van der Waals surface area contributed by atoms with Crippen LogP contribution in [0.25, 0.3) is 0 Å². The minimum absolute atomic E-state index is 0.0770. The second kappa shape index (κ2) is 2.19. The molecular formula is C5H10N2O3. The van der Waals surface area contributed by atoms with E-state index in [9.17, 15) is 10.0 Å². The fourth-order valence-corrected chi connectivity index (χ4v) is 1.12. The van der Waals surface area contributed by atoms with E-state index in [-0.39, 0.29) is 13.1 Å². The summed E-state index contributed by atoms with van der Waals surface area (Å²) in [7, 11) is 0. The highest BCUT2D eigenvalue weighted by Crippen LogP contribution is 2.19.